The van der Waals surface area contributed by atoms with Crippen molar-refractivity contribution >= 4 is 15.7 Å². The Balaban J connectivity index is 1.66. The molecule has 1 heterocycles. The Labute approximate surface area is 181 Å². The Bertz CT molecular complexity index is 871. The lowest BCUT2D eigenvalue weighted by molar-refractivity contribution is 0.0474. The van der Waals surface area contributed by atoms with Gasteiger partial charge in [0.15, 0.2) is 9.84 Å². The molecule has 2 aliphatic rings. The Hall–Kier alpha value is -1.63. The first-order chi connectivity index (χ1) is 14.2. The second-order valence-electron chi connectivity index (χ2n) is 9.41. The maximum atomic E-state index is 13.0. The molecular weight excluding hydrogens is 400 g/mol. The summed E-state index contributed by atoms with van der Waals surface area (Å²) in [5, 5.41) is 3.13. The number of aryl methyl sites for hydroxylation is 2. The average Bonchev–Trinajstić information content (AvgIpc) is 3.41. The van der Waals surface area contributed by atoms with Crippen LogP contribution in [0.5, 0.6) is 5.88 Å². The van der Waals surface area contributed by atoms with Crippen LogP contribution in [-0.2, 0) is 9.84 Å². The first-order valence-corrected chi connectivity index (χ1v) is 13.1. The minimum Gasteiger partial charge on any atom is -0.477 e. The van der Waals surface area contributed by atoms with E-state index < -0.39 is 9.84 Å². The van der Waals surface area contributed by atoms with Gasteiger partial charge in [0.25, 0.3) is 5.91 Å². The van der Waals surface area contributed by atoms with Crippen LogP contribution in [0, 0.1) is 31.1 Å². The third-order valence-electron chi connectivity index (χ3n) is 6.31. The van der Waals surface area contributed by atoms with E-state index in [0.717, 1.165) is 36.4 Å². The molecule has 1 N–H and O–H groups in total. The maximum Gasteiger partial charge on any atom is 0.257 e. The van der Waals surface area contributed by atoms with Crippen LogP contribution >= 0.6 is 0 Å². The quantitative estimate of drug-likeness (QED) is 0.569. The van der Waals surface area contributed by atoms with E-state index >= 15 is 0 Å². The summed E-state index contributed by atoms with van der Waals surface area (Å²) in [6.45, 7) is 8.63. The fourth-order valence-electron chi connectivity index (χ4n) is 5.03. The van der Waals surface area contributed by atoms with E-state index in [1.807, 2.05) is 33.8 Å². The van der Waals surface area contributed by atoms with Gasteiger partial charge in [-0.15, -0.1) is 0 Å². The van der Waals surface area contributed by atoms with Crippen LogP contribution in [0.15, 0.2) is 6.07 Å². The van der Waals surface area contributed by atoms with Gasteiger partial charge in [-0.1, -0.05) is 19.8 Å². The molecule has 1 amide bonds. The topological polar surface area (TPSA) is 85.4 Å². The molecule has 0 bridgehead atoms. The third-order valence-corrected chi connectivity index (χ3v) is 8.32. The predicted molar refractivity (Wildman–Crippen MR) is 119 cm³/mol. The summed E-state index contributed by atoms with van der Waals surface area (Å²) in [6.07, 6.45) is 6.03. The van der Waals surface area contributed by atoms with Crippen LogP contribution in [-0.4, -0.2) is 44.0 Å². The van der Waals surface area contributed by atoms with Crippen molar-refractivity contribution in [3.63, 3.8) is 0 Å². The minimum absolute atomic E-state index is 0.0288. The van der Waals surface area contributed by atoms with Gasteiger partial charge in [-0.3, -0.25) is 4.79 Å². The van der Waals surface area contributed by atoms with Gasteiger partial charge in [-0.05, 0) is 75.3 Å². The van der Waals surface area contributed by atoms with Crippen molar-refractivity contribution in [2.75, 3.05) is 24.7 Å². The molecule has 1 aromatic heterocycles. The minimum atomic E-state index is -2.96. The summed E-state index contributed by atoms with van der Waals surface area (Å²) in [6, 6.07) is 1.90. The van der Waals surface area contributed by atoms with Crippen molar-refractivity contribution < 1.29 is 17.9 Å². The van der Waals surface area contributed by atoms with Crippen molar-refractivity contribution in [2.45, 2.75) is 66.2 Å². The Morgan fingerprint density at radius 2 is 1.93 bits per heavy atom. The average molecular weight is 437 g/mol. The molecule has 0 aliphatic heterocycles. The predicted octanol–water partition coefficient (Wildman–Crippen LogP) is 3.85. The van der Waals surface area contributed by atoms with E-state index in [1.54, 1.807) is 0 Å². The molecule has 1 aromatic rings. The van der Waals surface area contributed by atoms with Crippen molar-refractivity contribution in [3.05, 3.63) is 22.9 Å². The molecule has 0 radical (unpaired) electrons. The summed E-state index contributed by atoms with van der Waals surface area (Å²) in [5.74, 6) is 1.75. The first kappa shape index (κ1) is 23.0. The van der Waals surface area contributed by atoms with Crippen LogP contribution in [0.4, 0.5) is 0 Å². The number of carbonyl (C=O) groups is 1. The largest absolute Gasteiger partial charge is 0.477 e. The second kappa shape index (κ2) is 9.25. The monoisotopic (exact) mass is 436 g/mol. The maximum absolute atomic E-state index is 13.0. The highest BCUT2D eigenvalue weighted by Crippen LogP contribution is 2.54. The highest BCUT2D eigenvalue weighted by atomic mass is 32.2. The number of aromatic nitrogens is 1. The number of sulfone groups is 1. The van der Waals surface area contributed by atoms with Gasteiger partial charge in [0, 0.05) is 18.0 Å². The number of nitrogens with one attached hydrogen (secondary N) is 1. The molecule has 7 heteroatoms. The van der Waals surface area contributed by atoms with E-state index in [1.165, 1.54) is 12.8 Å². The molecule has 2 saturated carbocycles. The van der Waals surface area contributed by atoms with Gasteiger partial charge in [0.05, 0.1) is 12.4 Å². The van der Waals surface area contributed by atoms with Gasteiger partial charge in [0.1, 0.15) is 5.56 Å². The van der Waals surface area contributed by atoms with Crippen molar-refractivity contribution in [3.8, 4) is 5.88 Å². The number of carbonyl (C=O) groups excluding carboxylic acids is 1. The van der Waals surface area contributed by atoms with E-state index in [-0.39, 0.29) is 28.7 Å². The Morgan fingerprint density at radius 1 is 1.23 bits per heavy atom. The molecule has 0 spiro atoms. The molecule has 168 valence electrons. The van der Waals surface area contributed by atoms with E-state index in [2.05, 4.69) is 10.3 Å². The number of ether oxygens (including phenoxy) is 1. The smallest absolute Gasteiger partial charge is 0.257 e. The van der Waals surface area contributed by atoms with Crippen LogP contribution in [0.2, 0.25) is 0 Å². The Kier molecular flexibility index (Phi) is 7.10. The first-order valence-electron chi connectivity index (χ1n) is 11.3. The highest BCUT2D eigenvalue weighted by Gasteiger charge is 2.48. The fourth-order valence-corrected chi connectivity index (χ4v) is 6.77. The molecule has 3 rings (SSSR count). The van der Waals surface area contributed by atoms with Gasteiger partial charge in [-0.25, -0.2) is 13.4 Å². The van der Waals surface area contributed by atoms with Crippen LogP contribution < -0.4 is 10.1 Å². The molecule has 6 nitrogen and oxygen atoms in total. The van der Waals surface area contributed by atoms with Crippen LogP contribution in [0.25, 0.3) is 0 Å². The number of rotatable bonds is 11. The van der Waals surface area contributed by atoms with E-state index in [9.17, 15) is 13.2 Å². The third kappa shape index (κ3) is 5.74. The lowest BCUT2D eigenvalue weighted by Crippen LogP contribution is -2.48. The molecule has 0 unspecified atom stereocenters. The number of hydrogen-bond acceptors (Lipinski definition) is 5. The number of nitrogens with zero attached hydrogens (tertiary/aromatic N) is 1. The lowest BCUT2D eigenvalue weighted by atomic mass is 9.60. The normalized spacial score (nSPS) is 23.7. The van der Waals surface area contributed by atoms with E-state index in [0.29, 0.717) is 31.0 Å². The van der Waals surface area contributed by atoms with E-state index in [4.69, 9.17) is 4.74 Å². The summed E-state index contributed by atoms with van der Waals surface area (Å²) >= 11 is 0. The zero-order valence-corrected chi connectivity index (χ0v) is 19.6. The van der Waals surface area contributed by atoms with Gasteiger partial charge in [0.2, 0.25) is 5.88 Å². The summed E-state index contributed by atoms with van der Waals surface area (Å²) in [5.41, 5.74) is 2.22. The molecule has 30 heavy (non-hydrogen) atoms. The molecule has 2 aliphatic carbocycles. The van der Waals surface area contributed by atoms with Crippen molar-refractivity contribution in [1.82, 2.24) is 10.3 Å². The van der Waals surface area contributed by atoms with Gasteiger partial charge >= 0.3 is 0 Å². The van der Waals surface area contributed by atoms with Crippen molar-refractivity contribution in [1.29, 1.82) is 0 Å². The summed E-state index contributed by atoms with van der Waals surface area (Å²) in [4.78, 5) is 17.4. The Morgan fingerprint density at radius 3 is 2.53 bits per heavy atom. The lowest BCUT2D eigenvalue weighted by Gasteiger charge is -2.48. The summed E-state index contributed by atoms with van der Waals surface area (Å²) < 4.78 is 30.0. The molecule has 0 atom stereocenters. The molecular formula is C23H36N2O4S. The second-order valence-corrected chi connectivity index (χ2v) is 11.6. The number of pyridine rings is 1. The zero-order valence-electron chi connectivity index (χ0n) is 18.8. The standard InChI is InChI=1S/C23H36N2O4S/c1-5-9-30(27,28)14-19-12-23(13-19,11-18-7-8-18)15-24-21(26)20-16(3)10-17(4)25-22(20)29-6-2/h10,18-19H,5-9,11-15H2,1-4H3,(H,24,26)/t19-,23+. The molecule has 0 saturated heterocycles. The number of amides is 1. The fraction of sp³-hybridized carbons (Fsp3) is 0.739. The SMILES string of the molecule is CCCS(=O)(=O)C[C@H]1C[C@](CNC(=O)c2c(C)cc(C)nc2OCC)(CC2CC2)C1. The highest BCUT2D eigenvalue weighted by molar-refractivity contribution is 7.91. The van der Waals surface area contributed by atoms with Crippen LogP contribution in [0.3, 0.4) is 0 Å². The summed E-state index contributed by atoms with van der Waals surface area (Å²) in [7, 11) is -2.96. The number of hydrogen-bond donors (Lipinski definition) is 1. The van der Waals surface area contributed by atoms with Crippen molar-refractivity contribution in [2.24, 2.45) is 17.3 Å². The van der Waals surface area contributed by atoms with Gasteiger partial charge in [-0.2, -0.15) is 0 Å². The molecule has 2 fully saturated rings. The zero-order chi connectivity index (χ0) is 21.9. The molecule has 0 aromatic carbocycles. The van der Waals surface area contributed by atoms with Gasteiger partial charge < -0.3 is 10.1 Å². The van der Waals surface area contributed by atoms with Crippen LogP contribution in [0.1, 0.15) is 74.0 Å².